The van der Waals surface area contributed by atoms with Crippen LogP contribution in [0, 0.1) is 5.82 Å². The van der Waals surface area contributed by atoms with Crippen molar-refractivity contribution in [1.82, 2.24) is 10.2 Å². The normalized spacial score (nSPS) is 14.7. The van der Waals surface area contributed by atoms with Crippen molar-refractivity contribution in [2.75, 3.05) is 17.1 Å². The molecule has 0 spiro atoms. The molecular formula is C27H34FN3O5S. The minimum Gasteiger partial charge on any atom is -0.352 e. The zero-order chi connectivity index (χ0) is 27.2. The van der Waals surface area contributed by atoms with Crippen LogP contribution in [0.25, 0.3) is 0 Å². The molecule has 0 aliphatic heterocycles. The van der Waals surface area contributed by atoms with Crippen molar-refractivity contribution >= 4 is 33.3 Å². The number of nitrogens with one attached hydrogen (secondary N) is 1. The first-order valence-electron chi connectivity index (χ1n) is 12.4. The van der Waals surface area contributed by atoms with Gasteiger partial charge >= 0.3 is 0 Å². The highest BCUT2D eigenvalue weighted by Crippen LogP contribution is 2.22. The van der Waals surface area contributed by atoms with Gasteiger partial charge in [0.25, 0.3) is 0 Å². The number of anilines is 1. The monoisotopic (exact) mass is 531 g/mol. The molecule has 1 aliphatic rings. The molecule has 8 nitrogen and oxygen atoms in total. The predicted molar refractivity (Wildman–Crippen MR) is 140 cm³/mol. The summed E-state index contributed by atoms with van der Waals surface area (Å²) < 4.78 is 39.9. The van der Waals surface area contributed by atoms with E-state index in [1.165, 1.54) is 48.2 Å². The maximum atomic E-state index is 13.7. The summed E-state index contributed by atoms with van der Waals surface area (Å²) in [4.78, 5) is 40.2. The first kappa shape index (κ1) is 28.3. The maximum absolute atomic E-state index is 13.7. The van der Waals surface area contributed by atoms with E-state index < -0.39 is 34.3 Å². The molecule has 0 unspecified atom stereocenters. The standard InChI is InChI=1S/C27H34FN3O5S/c1-4-25(27(34)29-23-9-5-6-10-23)30(17-20-12-14-22(28)15-13-20)26(33)18-31(37(3,35)36)24-11-7-8-21(16-24)19(2)32/h7-8,11-16,23,25H,4-6,9-10,17-18H2,1-3H3,(H,29,34)/t25-/m1/s1. The molecule has 0 bridgehead atoms. The van der Waals surface area contributed by atoms with E-state index >= 15 is 0 Å². The lowest BCUT2D eigenvalue weighted by Crippen LogP contribution is -2.53. The number of halogens is 1. The highest BCUT2D eigenvalue weighted by molar-refractivity contribution is 7.92. The fourth-order valence-corrected chi connectivity index (χ4v) is 5.41. The van der Waals surface area contributed by atoms with Crippen molar-refractivity contribution in [2.24, 2.45) is 0 Å². The van der Waals surface area contributed by atoms with E-state index in [-0.39, 0.29) is 30.0 Å². The number of amides is 2. The van der Waals surface area contributed by atoms with E-state index in [1.54, 1.807) is 19.1 Å². The van der Waals surface area contributed by atoms with E-state index in [0.29, 0.717) is 17.5 Å². The number of hydrogen-bond donors (Lipinski definition) is 1. The Balaban J connectivity index is 1.94. The number of nitrogens with zero attached hydrogens (tertiary/aromatic N) is 2. The third kappa shape index (κ3) is 7.61. The average molecular weight is 532 g/mol. The van der Waals surface area contributed by atoms with Gasteiger partial charge in [-0.1, -0.05) is 44.0 Å². The summed E-state index contributed by atoms with van der Waals surface area (Å²) in [5.41, 5.74) is 1.09. The van der Waals surface area contributed by atoms with Crippen molar-refractivity contribution in [3.05, 3.63) is 65.5 Å². The van der Waals surface area contributed by atoms with E-state index in [4.69, 9.17) is 0 Å². The molecule has 2 aromatic rings. The van der Waals surface area contributed by atoms with Gasteiger partial charge in [-0.25, -0.2) is 12.8 Å². The van der Waals surface area contributed by atoms with Crippen LogP contribution in [0.5, 0.6) is 0 Å². The predicted octanol–water partition coefficient (Wildman–Crippen LogP) is 3.66. The lowest BCUT2D eigenvalue weighted by molar-refractivity contribution is -0.140. The molecule has 3 rings (SSSR count). The van der Waals surface area contributed by atoms with E-state index in [9.17, 15) is 27.2 Å². The van der Waals surface area contributed by atoms with Gasteiger partial charge < -0.3 is 10.2 Å². The van der Waals surface area contributed by atoms with Crippen LogP contribution >= 0.6 is 0 Å². The summed E-state index contributed by atoms with van der Waals surface area (Å²) in [6.07, 6.45) is 5.11. The van der Waals surface area contributed by atoms with Gasteiger partial charge in [0, 0.05) is 18.2 Å². The van der Waals surface area contributed by atoms with E-state index in [1.807, 2.05) is 0 Å². The fraction of sp³-hybridized carbons (Fsp3) is 0.444. The number of benzene rings is 2. The lowest BCUT2D eigenvalue weighted by Gasteiger charge is -2.33. The van der Waals surface area contributed by atoms with Crippen LogP contribution in [0.1, 0.15) is 61.9 Å². The number of hydrogen-bond acceptors (Lipinski definition) is 5. The van der Waals surface area contributed by atoms with Crippen molar-refractivity contribution < 1.29 is 27.2 Å². The molecule has 1 N–H and O–H groups in total. The highest BCUT2D eigenvalue weighted by Gasteiger charge is 2.33. The molecule has 2 amide bonds. The number of Topliss-reactive ketones (excluding diaryl/α,β-unsaturated/α-hetero) is 1. The van der Waals surface area contributed by atoms with Gasteiger partial charge in [0.05, 0.1) is 11.9 Å². The Bertz CT molecular complexity index is 1230. The van der Waals surface area contributed by atoms with Crippen molar-refractivity contribution in [2.45, 2.75) is 64.6 Å². The molecule has 0 heterocycles. The van der Waals surface area contributed by atoms with Gasteiger partial charge in [0.2, 0.25) is 21.8 Å². The van der Waals surface area contributed by atoms with Gasteiger partial charge in [-0.15, -0.1) is 0 Å². The topological polar surface area (TPSA) is 104 Å². The highest BCUT2D eigenvalue weighted by atomic mass is 32.2. The van der Waals surface area contributed by atoms with Crippen LogP contribution in [0.2, 0.25) is 0 Å². The van der Waals surface area contributed by atoms with E-state index in [0.717, 1.165) is 36.2 Å². The Morgan fingerprint density at radius 3 is 2.30 bits per heavy atom. The van der Waals surface area contributed by atoms with Crippen molar-refractivity contribution in [1.29, 1.82) is 0 Å². The molecule has 0 saturated heterocycles. The first-order valence-corrected chi connectivity index (χ1v) is 14.3. The second-order valence-corrected chi connectivity index (χ2v) is 11.3. The third-order valence-electron chi connectivity index (χ3n) is 6.57. The minimum atomic E-state index is -3.91. The number of rotatable bonds is 11. The van der Waals surface area contributed by atoms with Crippen LogP contribution < -0.4 is 9.62 Å². The zero-order valence-electron chi connectivity index (χ0n) is 21.4. The quantitative estimate of drug-likeness (QED) is 0.446. The molecule has 0 radical (unpaired) electrons. The molecule has 200 valence electrons. The van der Waals surface area contributed by atoms with Gasteiger partial charge in [-0.2, -0.15) is 0 Å². The average Bonchev–Trinajstić information content (AvgIpc) is 3.35. The number of carbonyl (C=O) groups excluding carboxylic acids is 3. The fourth-order valence-electron chi connectivity index (χ4n) is 4.57. The second kappa shape index (κ2) is 12.3. The molecule has 1 atom stereocenters. The molecule has 1 fully saturated rings. The Hall–Kier alpha value is -3.27. The summed E-state index contributed by atoms with van der Waals surface area (Å²) >= 11 is 0. The maximum Gasteiger partial charge on any atom is 0.244 e. The Morgan fingerprint density at radius 2 is 1.73 bits per heavy atom. The second-order valence-electron chi connectivity index (χ2n) is 9.44. The van der Waals surface area contributed by atoms with Gasteiger partial charge in [0.15, 0.2) is 5.78 Å². The van der Waals surface area contributed by atoms with Crippen LogP contribution in [0.15, 0.2) is 48.5 Å². The number of carbonyl (C=O) groups is 3. The summed E-state index contributed by atoms with van der Waals surface area (Å²) in [7, 11) is -3.91. The molecular weight excluding hydrogens is 497 g/mol. The number of sulfonamides is 1. The molecule has 1 saturated carbocycles. The number of ketones is 1. The van der Waals surface area contributed by atoms with Gasteiger partial charge in [-0.3, -0.25) is 18.7 Å². The summed E-state index contributed by atoms with van der Waals surface area (Å²) in [5.74, 6) is -1.55. The molecule has 1 aliphatic carbocycles. The Morgan fingerprint density at radius 1 is 1.08 bits per heavy atom. The van der Waals surface area contributed by atoms with E-state index in [2.05, 4.69) is 5.32 Å². The molecule has 0 aromatic heterocycles. The van der Waals surface area contributed by atoms with Gasteiger partial charge in [0.1, 0.15) is 18.4 Å². The molecule has 10 heteroatoms. The zero-order valence-corrected chi connectivity index (χ0v) is 22.3. The van der Waals surface area contributed by atoms with Crippen LogP contribution in [-0.2, 0) is 26.2 Å². The van der Waals surface area contributed by atoms with Crippen LogP contribution in [0.4, 0.5) is 10.1 Å². The Kier molecular flexibility index (Phi) is 9.42. The van der Waals surface area contributed by atoms with Crippen LogP contribution in [0.3, 0.4) is 0 Å². The third-order valence-corrected chi connectivity index (χ3v) is 7.71. The summed E-state index contributed by atoms with van der Waals surface area (Å²) in [5, 5.41) is 3.03. The molecule has 2 aromatic carbocycles. The lowest BCUT2D eigenvalue weighted by atomic mass is 10.1. The Labute approximate surface area is 217 Å². The van der Waals surface area contributed by atoms with Gasteiger partial charge in [-0.05, 0) is 56.0 Å². The van der Waals surface area contributed by atoms with Crippen molar-refractivity contribution in [3.63, 3.8) is 0 Å². The molecule has 37 heavy (non-hydrogen) atoms. The first-order chi connectivity index (χ1) is 17.5. The largest absolute Gasteiger partial charge is 0.352 e. The smallest absolute Gasteiger partial charge is 0.244 e. The summed E-state index contributed by atoms with van der Waals surface area (Å²) in [6.45, 7) is 2.60. The van der Waals surface area contributed by atoms with Crippen molar-refractivity contribution in [3.8, 4) is 0 Å². The summed E-state index contributed by atoms with van der Waals surface area (Å²) in [6, 6.07) is 10.9. The minimum absolute atomic E-state index is 0.000788. The van der Waals surface area contributed by atoms with Crippen LogP contribution in [-0.4, -0.2) is 55.8 Å². The SMILES string of the molecule is CC[C@H](C(=O)NC1CCCC1)N(Cc1ccc(F)cc1)C(=O)CN(c1cccc(C(C)=O)c1)S(C)(=O)=O.